The molecule has 2 amide bonds. The van der Waals surface area contributed by atoms with Gasteiger partial charge in [0.25, 0.3) is 11.8 Å². The van der Waals surface area contributed by atoms with Crippen molar-refractivity contribution >= 4 is 23.2 Å². The molecule has 0 aliphatic heterocycles. The molecule has 0 aromatic heterocycles. The zero-order valence-corrected chi connectivity index (χ0v) is 17.0. The van der Waals surface area contributed by atoms with Gasteiger partial charge in [-0.1, -0.05) is 30.3 Å². The maximum absolute atomic E-state index is 12.8. The molecule has 0 aliphatic rings. The van der Waals surface area contributed by atoms with Gasteiger partial charge in [0.1, 0.15) is 12.4 Å². The Kier molecular flexibility index (Phi) is 7.19. The molecule has 0 radical (unpaired) electrons. The van der Waals surface area contributed by atoms with Gasteiger partial charge in [0.05, 0.1) is 12.2 Å². The number of anilines is 2. The Labute approximate surface area is 175 Å². The predicted octanol–water partition coefficient (Wildman–Crippen LogP) is 4.52. The lowest BCUT2D eigenvalue weighted by molar-refractivity contribution is 0.101. The molecule has 0 saturated heterocycles. The number of benzene rings is 3. The summed E-state index contributed by atoms with van der Waals surface area (Å²) in [6.45, 7) is 2.73. The highest BCUT2D eigenvalue weighted by Gasteiger charge is 2.14. The van der Waals surface area contributed by atoms with E-state index in [1.807, 2.05) is 31.2 Å². The number of amides is 2. The first-order chi connectivity index (χ1) is 14.6. The van der Waals surface area contributed by atoms with Crippen LogP contribution in [0.1, 0.15) is 26.3 Å². The molecule has 0 fully saturated rings. The van der Waals surface area contributed by atoms with Crippen LogP contribution in [0.3, 0.4) is 0 Å². The van der Waals surface area contributed by atoms with Gasteiger partial charge in [-0.15, -0.1) is 0 Å². The normalized spacial score (nSPS) is 10.3. The maximum Gasteiger partial charge on any atom is 0.259 e. The van der Waals surface area contributed by atoms with Crippen LogP contribution in [0, 0.1) is 6.92 Å². The van der Waals surface area contributed by atoms with Crippen LogP contribution < -0.4 is 15.4 Å². The lowest BCUT2D eigenvalue weighted by Gasteiger charge is -2.12. The molecule has 154 valence electrons. The average molecular weight is 404 g/mol. The highest BCUT2D eigenvalue weighted by atomic mass is 16.5. The van der Waals surface area contributed by atoms with E-state index in [4.69, 9.17) is 9.47 Å². The number of aryl methyl sites for hydroxylation is 1. The summed E-state index contributed by atoms with van der Waals surface area (Å²) in [5.74, 6) is -0.0975. The van der Waals surface area contributed by atoms with Crippen LogP contribution in [0.5, 0.6) is 5.75 Å². The van der Waals surface area contributed by atoms with Gasteiger partial charge < -0.3 is 20.1 Å². The third-order valence-electron chi connectivity index (χ3n) is 4.34. The van der Waals surface area contributed by atoms with Crippen molar-refractivity contribution in [3.8, 4) is 5.75 Å². The van der Waals surface area contributed by atoms with E-state index >= 15 is 0 Å². The molecule has 3 aromatic rings. The number of methoxy groups -OCH3 is 1. The molecule has 0 aliphatic carbocycles. The highest BCUT2D eigenvalue weighted by molar-refractivity contribution is 6.08. The minimum absolute atomic E-state index is 0.250. The van der Waals surface area contributed by atoms with E-state index in [2.05, 4.69) is 10.6 Å². The molecule has 3 aromatic carbocycles. The van der Waals surface area contributed by atoms with Crippen LogP contribution in [0.4, 0.5) is 11.4 Å². The van der Waals surface area contributed by atoms with Gasteiger partial charge in [-0.3, -0.25) is 9.59 Å². The molecule has 0 unspecified atom stereocenters. The number of hydrogen-bond donors (Lipinski definition) is 2. The predicted molar refractivity (Wildman–Crippen MR) is 117 cm³/mol. The molecule has 0 bridgehead atoms. The van der Waals surface area contributed by atoms with Gasteiger partial charge in [-0.2, -0.15) is 0 Å². The first-order valence-electron chi connectivity index (χ1n) is 9.57. The summed E-state index contributed by atoms with van der Waals surface area (Å²) >= 11 is 0. The second kappa shape index (κ2) is 10.2. The van der Waals surface area contributed by atoms with Crippen molar-refractivity contribution in [2.45, 2.75) is 6.92 Å². The summed E-state index contributed by atoms with van der Waals surface area (Å²) in [7, 11) is 1.59. The van der Waals surface area contributed by atoms with Gasteiger partial charge in [-0.25, -0.2) is 0 Å². The summed E-state index contributed by atoms with van der Waals surface area (Å²) in [4.78, 5) is 25.3. The number of nitrogens with one attached hydrogen (secondary N) is 2. The molecular weight excluding hydrogens is 380 g/mol. The molecule has 3 rings (SSSR count). The zero-order valence-electron chi connectivity index (χ0n) is 17.0. The third-order valence-corrected chi connectivity index (χ3v) is 4.34. The van der Waals surface area contributed by atoms with Crippen molar-refractivity contribution in [1.29, 1.82) is 0 Å². The average Bonchev–Trinajstić information content (AvgIpc) is 2.74. The van der Waals surface area contributed by atoms with E-state index < -0.39 is 0 Å². The Bertz CT molecular complexity index is 1030. The van der Waals surface area contributed by atoms with Crippen molar-refractivity contribution in [2.24, 2.45) is 0 Å². The van der Waals surface area contributed by atoms with Gasteiger partial charge in [0.2, 0.25) is 0 Å². The van der Waals surface area contributed by atoms with Crippen LogP contribution >= 0.6 is 0 Å². The smallest absolute Gasteiger partial charge is 0.259 e. The van der Waals surface area contributed by atoms with Gasteiger partial charge in [-0.05, 0) is 55.0 Å². The lowest BCUT2D eigenvalue weighted by atomic mass is 10.1. The van der Waals surface area contributed by atoms with E-state index in [9.17, 15) is 9.59 Å². The quantitative estimate of drug-likeness (QED) is 0.541. The number of carbonyl (C=O) groups is 2. The Balaban J connectivity index is 1.71. The van der Waals surface area contributed by atoms with Crippen molar-refractivity contribution in [3.63, 3.8) is 0 Å². The van der Waals surface area contributed by atoms with E-state index in [0.29, 0.717) is 35.8 Å². The fourth-order valence-corrected chi connectivity index (χ4v) is 2.88. The zero-order chi connectivity index (χ0) is 21.3. The number of ether oxygens (including phenoxy) is 2. The largest absolute Gasteiger partial charge is 0.490 e. The van der Waals surface area contributed by atoms with E-state index in [0.717, 1.165) is 11.3 Å². The molecular formula is C24H24N2O4. The minimum atomic E-state index is -0.320. The lowest BCUT2D eigenvalue weighted by Crippen LogP contribution is -2.16. The number of rotatable bonds is 8. The molecule has 6 heteroatoms. The van der Waals surface area contributed by atoms with Crippen molar-refractivity contribution < 1.29 is 19.1 Å². The molecule has 0 heterocycles. The van der Waals surface area contributed by atoms with E-state index in [1.54, 1.807) is 55.6 Å². The van der Waals surface area contributed by atoms with Crippen molar-refractivity contribution in [1.82, 2.24) is 0 Å². The fraction of sp³-hybridized carbons (Fsp3) is 0.167. The Morgan fingerprint density at radius 2 is 1.50 bits per heavy atom. The van der Waals surface area contributed by atoms with Crippen LogP contribution in [0.25, 0.3) is 0 Å². The molecule has 0 spiro atoms. The van der Waals surface area contributed by atoms with Crippen LogP contribution in [-0.4, -0.2) is 32.1 Å². The maximum atomic E-state index is 12.8. The first-order valence-corrected chi connectivity index (χ1v) is 9.57. The monoisotopic (exact) mass is 404 g/mol. The Hall–Kier alpha value is -3.64. The van der Waals surface area contributed by atoms with Crippen molar-refractivity contribution in [2.75, 3.05) is 31.0 Å². The second-order valence-electron chi connectivity index (χ2n) is 6.70. The summed E-state index contributed by atoms with van der Waals surface area (Å²) < 4.78 is 10.6. The van der Waals surface area contributed by atoms with Gasteiger partial charge in [0, 0.05) is 24.0 Å². The topological polar surface area (TPSA) is 76.7 Å². The first kappa shape index (κ1) is 21.1. The number of para-hydroxylation sites is 1. The van der Waals surface area contributed by atoms with E-state index in [1.165, 1.54) is 0 Å². The fourth-order valence-electron chi connectivity index (χ4n) is 2.88. The van der Waals surface area contributed by atoms with E-state index in [-0.39, 0.29) is 11.8 Å². The van der Waals surface area contributed by atoms with Crippen LogP contribution in [-0.2, 0) is 4.74 Å². The summed E-state index contributed by atoms with van der Waals surface area (Å²) in [6.07, 6.45) is 0. The molecule has 0 saturated carbocycles. The van der Waals surface area contributed by atoms with Crippen LogP contribution in [0.2, 0.25) is 0 Å². The SMILES string of the molecule is COCCOc1ccccc1C(=O)Nc1cccc(C(=O)Nc2cccc(C)c2)c1. The molecule has 2 N–H and O–H groups in total. The highest BCUT2D eigenvalue weighted by Crippen LogP contribution is 2.21. The number of carbonyl (C=O) groups excluding carboxylic acids is 2. The Morgan fingerprint density at radius 1 is 0.800 bits per heavy atom. The number of hydrogen-bond acceptors (Lipinski definition) is 4. The summed E-state index contributed by atoms with van der Waals surface area (Å²) in [6, 6.07) is 21.3. The summed E-state index contributed by atoms with van der Waals surface area (Å²) in [5.41, 5.74) is 3.14. The third kappa shape index (κ3) is 5.68. The molecule has 6 nitrogen and oxygen atoms in total. The van der Waals surface area contributed by atoms with Crippen LogP contribution in [0.15, 0.2) is 72.8 Å². The summed E-state index contributed by atoms with van der Waals surface area (Å²) in [5, 5.41) is 5.69. The second-order valence-corrected chi connectivity index (χ2v) is 6.70. The standard InChI is InChI=1S/C24H24N2O4/c1-17-7-5-9-19(15-17)25-23(27)18-8-6-10-20(16-18)26-24(28)21-11-3-4-12-22(21)30-14-13-29-2/h3-12,15-16H,13-14H2,1-2H3,(H,25,27)(H,26,28). The van der Waals surface area contributed by atoms with Crippen molar-refractivity contribution in [3.05, 3.63) is 89.5 Å². The van der Waals surface area contributed by atoms with Gasteiger partial charge in [0.15, 0.2) is 0 Å². The molecule has 0 atom stereocenters. The Morgan fingerprint density at radius 3 is 2.27 bits per heavy atom. The van der Waals surface area contributed by atoms with Gasteiger partial charge >= 0.3 is 0 Å². The molecule has 30 heavy (non-hydrogen) atoms. The minimum Gasteiger partial charge on any atom is -0.490 e.